The van der Waals surface area contributed by atoms with Crippen molar-refractivity contribution in [2.24, 2.45) is 0 Å². The fourth-order valence-electron chi connectivity index (χ4n) is 0.590. The van der Waals surface area contributed by atoms with Crippen LogP contribution in [0.1, 0.15) is 25.5 Å². The molecule has 0 saturated carbocycles. The third kappa shape index (κ3) is 1.06. The molecule has 0 fully saturated rings. The number of halogens is 1. The molecule has 0 amide bonds. The van der Waals surface area contributed by atoms with E-state index >= 15 is 0 Å². The van der Waals surface area contributed by atoms with Gasteiger partial charge < -0.3 is 0 Å². The number of hydrogen-bond acceptors (Lipinski definition) is 2. The molecule has 0 radical (unpaired) electrons. The van der Waals surface area contributed by atoms with Crippen LogP contribution in [-0.2, 0) is 0 Å². The summed E-state index contributed by atoms with van der Waals surface area (Å²) < 4.78 is 12.4. The highest BCUT2D eigenvalue weighted by molar-refractivity contribution is 4.99. The van der Waals surface area contributed by atoms with Crippen LogP contribution in [0.25, 0.3) is 0 Å². The third-order valence-corrected chi connectivity index (χ3v) is 1.11. The molecule has 50 valence electrons. The molecule has 0 unspecified atom stereocenters. The highest BCUT2D eigenvalue weighted by atomic mass is 19.1. The van der Waals surface area contributed by atoms with Crippen LogP contribution in [0.5, 0.6) is 0 Å². The van der Waals surface area contributed by atoms with E-state index in [0.717, 1.165) is 0 Å². The monoisotopic (exact) mass is 129 g/mol. The van der Waals surface area contributed by atoms with Crippen molar-refractivity contribution in [3.05, 3.63) is 11.6 Å². The third-order valence-electron chi connectivity index (χ3n) is 1.11. The lowest BCUT2D eigenvalue weighted by Crippen LogP contribution is -1.90. The van der Waals surface area contributed by atoms with E-state index in [2.05, 4.69) is 15.4 Å². The molecule has 1 aromatic heterocycles. The molecule has 1 rings (SSSR count). The second-order valence-corrected chi connectivity index (χ2v) is 2.17. The van der Waals surface area contributed by atoms with Gasteiger partial charge in [0.1, 0.15) is 0 Å². The molecular formula is C5H8FN3. The van der Waals surface area contributed by atoms with Crippen molar-refractivity contribution in [1.29, 1.82) is 0 Å². The Bertz CT molecular complexity index is 194. The zero-order valence-corrected chi connectivity index (χ0v) is 5.35. The summed E-state index contributed by atoms with van der Waals surface area (Å²) in [5.41, 5.74) is 0.468. The molecule has 0 spiro atoms. The first-order chi connectivity index (χ1) is 4.22. The number of aromatic nitrogens is 3. The maximum Gasteiger partial charge on any atom is 0.255 e. The van der Waals surface area contributed by atoms with E-state index in [4.69, 9.17) is 0 Å². The maximum atomic E-state index is 12.4. The molecule has 4 heteroatoms. The van der Waals surface area contributed by atoms with Gasteiger partial charge in [0.05, 0.1) is 5.69 Å². The van der Waals surface area contributed by atoms with Crippen LogP contribution in [0.15, 0.2) is 0 Å². The van der Waals surface area contributed by atoms with E-state index < -0.39 is 5.95 Å². The highest BCUT2D eigenvalue weighted by Gasteiger charge is 2.08. The van der Waals surface area contributed by atoms with E-state index in [1.807, 2.05) is 13.8 Å². The molecule has 0 aliphatic rings. The van der Waals surface area contributed by atoms with Crippen LogP contribution in [0.4, 0.5) is 4.39 Å². The Morgan fingerprint density at radius 3 is 2.44 bits per heavy atom. The molecule has 0 atom stereocenters. The smallest absolute Gasteiger partial charge is 0.255 e. The van der Waals surface area contributed by atoms with Crippen LogP contribution >= 0.6 is 0 Å². The van der Waals surface area contributed by atoms with Crippen molar-refractivity contribution in [1.82, 2.24) is 15.4 Å². The highest BCUT2D eigenvalue weighted by Crippen LogP contribution is 2.11. The van der Waals surface area contributed by atoms with Gasteiger partial charge in [-0.25, -0.2) is 0 Å². The van der Waals surface area contributed by atoms with Gasteiger partial charge in [0.25, 0.3) is 5.95 Å². The first-order valence-corrected chi connectivity index (χ1v) is 2.78. The largest absolute Gasteiger partial charge is 0.259 e. The van der Waals surface area contributed by atoms with Crippen molar-refractivity contribution in [3.8, 4) is 0 Å². The molecule has 9 heavy (non-hydrogen) atoms. The molecule has 0 aliphatic heterocycles. The minimum Gasteiger partial charge on any atom is -0.259 e. The summed E-state index contributed by atoms with van der Waals surface area (Å²) in [5.74, 6) is -0.370. The van der Waals surface area contributed by atoms with Crippen LogP contribution < -0.4 is 0 Å². The Morgan fingerprint density at radius 1 is 1.56 bits per heavy atom. The molecule has 0 aromatic carbocycles. The summed E-state index contributed by atoms with van der Waals surface area (Å²) >= 11 is 0. The van der Waals surface area contributed by atoms with E-state index in [1.165, 1.54) is 0 Å². The molecule has 0 saturated heterocycles. The van der Waals surface area contributed by atoms with Crippen molar-refractivity contribution in [2.75, 3.05) is 0 Å². The zero-order chi connectivity index (χ0) is 6.85. The quantitative estimate of drug-likeness (QED) is 0.616. The van der Waals surface area contributed by atoms with Crippen molar-refractivity contribution in [3.63, 3.8) is 0 Å². The minimum atomic E-state index is -0.495. The lowest BCUT2D eigenvalue weighted by atomic mass is 10.1. The summed E-state index contributed by atoms with van der Waals surface area (Å²) in [5, 5.41) is 8.93. The summed E-state index contributed by atoms with van der Waals surface area (Å²) in [6.45, 7) is 3.75. The fourth-order valence-corrected chi connectivity index (χ4v) is 0.590. The number of rotatable bonds is 1. The lowest BCUT2D eigenvalue weighted by Gasteiger charge is -1.95. The molecule has 1 N–H and O–H groups in total. The summed E-state index contributed by atoms with van der Waals surface area (Å²) in [7, 11) is 0. The zero-order valence-electron chi connectivity index (χ0n) is 5.35. The van der Waals surface area contributed by atoms with E-state index in [-0.39, 0.29) is 5.92 Å². The molecular weight excluding hydrogens is 121 g/mol. The van der Waals surface area contributed by atoms with Gasteiger partial charge in [-0.2, -0.15) is 4.39 Å². The van der Waals surface area contributed by atoms with Gasteiger partial charge in [-0.15, -0.1) is 0 Å². The van der Waals surface area contributed by atoms with Gasteiger partial charge >= 0.3 is 0 Å². The van der Waals surface area contributed by atoms with Crippen LogP contribution in [0.2, 0.25) is 0 Å². The summed E-state index contributed by atoms with van der Waals surface area (Å²) in [6, 6.07) is 0. The Balaban J connectivity index is 2.94. The first-order valence-electron chi connectivity index (χ1n) is 2.78. The average molecular weight is 129 g/mol. The fraction of sp³-hybridized carbons (Fsp3) is 0.600. The van der Waals surface area contributed by atoms with E-state index in [0.29, 0.717) is 5.69 Å². The van der Waals surface area contributed by atoms with E-state index in [1.54, 1.807) is 0 Å². The minimum absolute atomic E-state index is 0.125. The Hall–Kier alpha value is -0.930. The van der Waals surface area contributed by atoms with Gasteiger partial charge in [0, 0.05) is 0 Å². The SMILES string of the molecule is CC(C)c1[nH]nnc1F. The van der Waals surface area contributed by atoms with Gasteiger partial charge in [-0.05, 0) is 5.92 Å². The number of hydrogen-bond donors (Lipinski definition) is 1. The van der Waals surface area contributed by atoms with Crippen molar-refractivity contribution >= 4 is 0 Å². The van der Waals surface area contributed by atoms with Crippen LogP contribution in [0, 0.1) is 5.95 Å². The number of nitrogens with zero attached hydrogens (tertiary/aromatic N) is 2. The standard InChI is InChI=1S/C5H8FN3/c1-3(2)4-5(6)8-9-7-4/h3H,1-2H3,(H,7,8,9). The van der Waals surface area contributed by atoms with E-state index in [9.17, 15) is 4.39 Å². The Kier molecular flexibility index (Phi) is 1.46. The van der Waals surface area contributed by atoms with Crippen molar-refractivity contribution < 1.29 is 4.39 Å². The Labute approximate surface area is 52.3 Å². The van der Waals surface area contributed by atoms with Gasteiger partial charge in [-0.3, -0.25) is 5.10 Å². The predicted molar refractivity (Wildman–Crippen MR) is 30.4 cm³/mol. The maximum absolute atomic E-state index is 12.4. The molecule has 0 bridgehead atoms. The molecule has 1 aromatic rings. The topological polar surface area (TPSA) is 41.6 Å². The number of nitrogens with one attached hydrogen (secondary N) is 1. The van der Waals surface area contributed by atoms with Gasteiger partial charge in [0.2, 0.25) is 0 Å². The summed E-state index contributed by atoms with van der Waals surface area (Å²) in [6.07, 6.45) is 0. The average Bonchev–Trinajstić information content (AvgIpc) is 2.13. The first kappa shape index (κ1) is 6.19. The van der Waals surface area contributed by atoms with Gasteiger partial charge in [0.15, 0.2) is 0 Å². The molecule has 0 aliphatic carbocycles. The second kappa shape index (κ2) is 2.13. The molecule has 1 heterocycles. The Morgan fingerprint density at radius 2 is 2.22 bits per heavy atom. The lowest BCUT2D eigenvalue weighted by molar-refractivity contribution is 0.557. The molecule has 3 nitrogen and oxygen atoms in total. The van der Waals surface area contributed by atoms with Gasteiger partial charge in [-0.1, -0.05) is 24.2 Å². The second-order valence-electron chi connectivity index (χ2n) is 2.17. The van der Waals surface area contributed by atoms with Crippen molar-refractivity contribution in [2.45, 2.75) is 19.8 Å². The van der Waals surface area contributed by atoms with Crippen LogP contribution in [0.3, 0.4) is 0 Å². The number of H-pyrrole nitrogens is 1. The normalized spacial score (nSPS) is 10.7. The predicted octanol–water partition coefficient (Wildman–Crippen LogP) is 1.07. The number of aromatic amines is 1. The summed E-state index contributed by atoms with van der Waals surface area (Å²) in [4.78, 5) is 0. The van der Waals surface area contributed by atoms with Crippen LogP contribution in [-0.4, -0.2) is 15.4 Å².